The van der Waals surface area contributed by atoms with Gasteiger partial charge in [0, 0.05) is 12.0 Å². The van der Waals surface area contributed by atoms with E-state index in [0.29, 0.717) is 12.0 Å². The van der Waals surface area contributed by atoms with Crippen molar-refractivity contribution in [2.75, 3.05) is 0 Å². The van der Waals surface area contributed by atoms with Crippen molar-refractivity contribution in [2.45, 2.75) is 71.8 Å². The molecule has 1 atom stereocenters. The Labute approximate surface area is 101 Å². The predicted molar refractivity (Wildman–Crippen MR) is 71.7 cm³/mol. The Kier molecular flexibility index (Phi) is 5.86. The van der Waals surface area contributed by atoms with Crippen LogP contribution in [0.5, 0.6) is 0 Å². The van der Waals surface area contributed by atoms with Crippen LogP contribution < -0.4 is 5.73 Å². The Balaban J connectivity index is 2.35. The van der Waals surface area contributed by atoms with Gasteiger partial charge in [0.05, 0.1) is 5.84 Å². The molecule has 94 valence electrons. The van der Waals surface area contributed by atoms with E-state index in [1.807, 2.05) is 0 Å². The highest BCUT2D eigenvalue weighted by Crippen LogP contribution is 2.24. The molecule has 0 amide bonds. The number of hydrogen-bond acceptors (Lipinski definition) is 1. The van der Waals surface area contributed by atoms with E-state index >= 15 is 0 Å². The maximum absolute atomic E-state index is 6.11. The highest BCUT2D eigenvalue weighted by atomic mass is 14.9. The van der Waals surface area contributed by atoms with Gasteiger partial charge in [0.15, 0.2) is 0 Å². The second-order valence-electron chi connectivity index (χ2n) is 5.71. The van der Waals surface area contributed by atoms with Crippen molar-refractivity contribution in [1.82, 2.24) is 0 Å². The molecule has 0 heterocycles. The van der Waals surface area contributed by atoms with Crippen molar-refractivity contribution in [1.29, 1.82) is 0 Å². The number of aliphatic imine (C=N–C) groups is 1. The Bertz CT molecular complexity index is 215. The lowest BCUT2D eigenvalue weighted by molar-refractivity contribution is 0.433. The van der Waals surface area contributed by atoms with Crippen LogP contribution in [0, 0.1) is 11.8 Å². The van der Waals surface area contributed by atoms with Gasteiger partial charge in [-0.2, -0.15) is 0 Å². The van der Waals surface area contributed by atoms with E-state index < -0.39 is 0 Å². The smallest absolute Gasteiger partial charge is 0.0971 e. The van der Waals surface area contributed by atoms with E-state index in [0.717, 1.165) is 11.8 Å². The molecule has 1 aliphatic rings. The van der Waals surface area contributed by atoms with Crippen LogP contribution in [0.25, 0.3) is 0 Å². The minimum absolute atomic E-state index is 0.407. The molecule has 0 bridgehead atoms. The minimum Gasteiger partial charge on any atom is -0.387 e. The topological polar surface area (TPSA) is 38.4 Å². The Hall–Kier alpha value is -0.530. The summed E-state index contributed by atoms with van der Waals surface area (Å²) in [5.74, 6) is 2.28. The van der Waals surface area contributed by atoms with Gasteiger partial charge in [0.25, 0.3) is 0 Å². The van der Waals surface area contributed by atoms with Crippen LogP contribution in [-0.4, -0.2) is 11.9 Å². The molecule has 2 N–H and O–H groups in total. The fourth-order valence-corrected chi connectivity index (χ4v) is 2.40. The monoisotopic (exact) mass is 224 g/mol. The molecule has 1 aliphatic carbocycles. The van der Waals surface area contributed by atoms with E-state index in [2.05, 4.69) is 25.8 Å². The third kappa shape index (κ3) is 5.00. The number of amidine groups is 1. The molecule has 1 unspecified atom stereocenters. The van der Waals surface area contributed by atoms with E-state index in [9.17, 15) is 0 Å². The van der Waals surface area contributed by atoms with Crippen LogP contribution in [0.3, 0.4) is 0 Å². The molecule has 1 fully saturated rings. The zero-order valence-corrected chi connectivity index (χ0v) is 11.2. The fourth-order valence-electron chi connectivity index (χ4n) is 2.40. The Morgan fingerprint density at radius 3 is 2.31 bits per heavy atom. The van der Waals surface area contributed by atoms with Crippen molar-refractivity contribution < 1.29 is 0 Å². The van der Waals surface area contributed by atoms with Gasteiger partial charge >= 0.3 is 0 Å². The summed E-state index contributed by atoms with van der Waals surface area (Å²) in [5.41, 5.74) is 6.11. The fraction of sp³-hybridized carbons (Fsp3) is 0.929. The van der Waals surface area contributed by atoms with Crippen LogP contribution in [0.1, 0.15) is 65.7 Å². The molecule has 1 saturated carbocycles. The standard InChI is InChI=1S/C14H28N2/c1-11(2)9-10-12(3)16-14(15)13-7-5-4-6-8-13/h11-13H,4-10H2,1-3H3,(H2,15,16). The maximum atomic E-state index is 6.11. The highest BCUT2D eigenvalue weighted by molar-refractivity contribution is 5.83. The summed E-state index contributed by atoms with van der Waals surface area (Å²) < 4.78 is 0. The van der Waals surface area contributed by atoms with Gasteiger partial charge in [-0.3, -0.25) is 4.99 Å². The van der Waals surface area contributed by atoms with Crippen molar-refractivity contribution >= 4 is 5.84 Å². The van der Waals surface area contributed by atoms with Gasteiger partial charge in [-0.15, -0.1) is 0 Å². The lowest BCUT2D eigenvalue weighted by atomic mass is 9.88. The quantitative estimate of drug-likeness (QED) is 0.560. The molecule has 0 saturated heterocycles. The molecule has 1 rings (SSSR count). The Morgan fingerprint density at radius 1 is 1.12 bits per heavy atom. The second-order valence-corrected chi connectivity index (χ2v) is 5.71. The molecule has 2 heteroatoms. The van der Waals surface area contributed by atoms with Gasteiger partial charge < -0.3 is 5.73 Å². The summed E-state index contributed by atoms with van der Waals surface area (Å²) in [7, 11) is 0. The van der Waals surface area contributed by atoms with Crippen molar-refractivity contribution in [3.8, 4) is 0 Å². The lowest BCUT2D eigenvalue weighted by Gasteiger charge is -2.22. The molecule has 16 heavy (non-hydrogen) atoms. The zero-order valence-electron chi connectivity index (χ0n) is 11.2. The first kappa shape index (κ1) is 13.5. The van der Waals surface area contributed by atoms with Gasteiger partial charge in [-0.25, -0.2) is 0 Å². The summed E-state index contributed by atoms with van der Waals surface area (Å²) in [6.07, 6.45) is 8.99. The number of rotatable bonds is 5. The third-order valence-electron chi connectivity index (χ3n) is 3.55. The summed E-state index contributed by atoms with van der Waals surface area (Å²) in [6, 6.07) is 0.407. The average Bonchev–Trinajstić information content (AvgIpc) is 2.27. The molecular weight excluding hydrogens is 196 g/mol. The maximum Gasteiger partial charge on any atom is 0.0971 e. The first-order valence-corrected chi connectivity index (χ1v) is 6.92. The van der Waals surface area contributed by atoms with E-state index in [1.54, 1.807) is 0 Å². The highest BCUT2D eigenvalue weighted by Gasteiger charge is 2.17. The second kappa shape index (κ2) is 6.93. The van der Waals surface area contributed by atoms with Gasteiger partial charge in [-0.05, 0) is 38.5 Å². The summed E-state index contributed by atoms with van der Waals surface area (Å²) in [5, 5.41) is 0. The summed E-state index contributed by atoms with van der Waals surface area (Å²) in [6.45, 7) is 6.72. The molecule has 0 aromatic carbocycles. The largest absolute Gasteiger partial charge is 0.387 e. The van der Waals surface area contributed by atoms with Crippen LogP contribution in [-0.2, 0) is 0 Å². The third-order valence-corrected chi connectivity index (χ3v) is 3.55. The molecular formula is C14H28N2. The van der Waals surface area contributed by atoms with Gasteiger partial charge in [0.2, 0.25) is 0 Å². The summed E-state index contributed by atoms with van der Waals surface area (Å²) >= 11 is 0. The van der Waals surface area contributed by atoms with Crippen LogP contribution in [0.4, 0.5) is 0 Å². The molecule has 0 spiro atoms. The van der Waals surface area contributed by atoms with Gasteiger partial charge in [0.1, 0.15) is 0 Å². The van der Waals surface area contributed by atoms with Crippen molar-refractivity contribution in [2.24, 2.45) is 22.6 Å². The molecule has 0 radical (unpaired) electrons. The number of nitrogens with zero attached hydrogens (tertiary/aromatic N) is 1. The first-order valence-electron chi connectivity index (χ1n) is 6.92. The molecule has 0 aromatic heterocycles. The zero-order chi connectivity index (χ0) is 12.0. The predicted octanol–water partition coefficient (Wildman–Crippen LogP) is 3.75. The van der Waals surface area contributed by atoms with Crippen LogP contribution in [0.2, 0.25) is 0 Å². The Morgan fingerprint density at radius 2 is 1.75 bits per heavy atom. The summed E-state index contributed by atoms with van der Waals surface area (Å²) in [4.78, 5) is 4.67. The SMILES string of the molecule is CC(C)CCC(C)N=C(N)C1CCCCC1. The van der Waals surface area contributed by atoms with Crippen LogP contribution >= 0.6 is 0 Å². The van der Waals surface area contributed by atoms with Gasteiger partial charge in [-0.1, -0.05) is 33.1 Å². The number of nitrogens with two attached hydrogens (primary N) is 1. The first-order chi connectivity index (χ1) is 7.59. The van der Waals surface area contributed by atoms with Crippen molar-refractivity contribution in [3.05, 3.63) is 0 Å². The molecule has 2 nitrogen and oxygen atoms in total. The molecule has 0 aliphatic heterocycles. The van der Waals surface area contributed by atoms with E-state index in [1.165, 1.54) is 44.9 Å². The van der Waals surface area contributed by atoms with Crippen LogP contribution in [0.15, 0.2) is 4.99 Å². The normalized spacial score (nSPS) is 21.4. The van der Waals surface area contributed by atoms with Crippen molar-refractivity contribution in [3.63, 3.8) is 0 Å². The average molecular weight is 224 g/mol. The van der Waals surface area contributed by atoms with E-state index in [4.69, 9.17) is 5.73 Å². The molecule has 0 aromatic rings. The minimum atomic E-state index is 0.407. The number of hydrogen-bond donors (Lipinski definition) is 1. The van der Waals surface area contributed by atoms with E-state index in [-0.39, 0.29) is 0 Å². The lowest BCUT2D eigenvalue weighted by Crippen LogP contribution is -2.27.